The lowest BCUT2D eigenvalue weighted by atomic mass is 10.2. The highest BCUT2D eigenvalue weighted by molar-refractivity contribution is 8.00. The van der Waals surface area contributed by atoms with Gasteiger partial charge in [0.05, 0.1) is 21.5 Å². The molecule has 2 rings (SSSR count). The maximum Gasteiger partial charge on any atom is 0.335 e. The molecule has 0 heterocycles. The van der Waals surface area contributed by atoms with Gasteiger partial charge in [-0.1, -0.05) is 36.2 Å². The molecule has 0 aliphatic rings. The predicted molar refractivity (Wildman–Crippen MR) is 98.2 cm³/mol. The van der Waals surface area contributed by atoms with E-state index in [0.29, 0.717) is 17.1 Å². The normalized spacial score (nSPS) is 11.8. The Kier molecular flexibility index (Phi) is 6.29. The molecule has 0 saturated heterocycles. The quantitative estimate of drug-likeness (QED) is 0.719. The van der Waals surface area contributed by atoms with E-state index in [9.17, 15) is 9.59 Å². The van der Waals surface area contributed by atoms with E-state index in [-0.39, 0.29) is 16.7 Å². The van der Waals surface area contributed by atoms with Crippen LogP contribution in [0, 0.1) is 6.92 Å². The van der Waals surface area contributed by atoms with Crippen LogP contribution >= 0.6 is 23.4 Å². The van der Waals surface area contributed by atoms with Gasteiger partial charge in [-0.2, -0.15) is 0 Å². The van der Waals surface area contributed by atoms with E-state index in [1.54, 1.807) is 0 Å². The van der Waals surface area contributed by atoms with Gasteiger partial charge in [-0.25, -0.2) is 4.79 Å². The van der Waals surface area contributed by atoms with Crippen molar-refractivity contribution in [3.05, 3.63) is 58.6 Å². The summed E-state index contributed by atoms with van der Waals surface area (Å²) < 4.78 is 0. The van der Waals surface area contributed by atoms with Crippen LogP contribution in [0.5, 0.6) is 0 Å². The van der Waals surface area contributed by atoms with Crippen molar-refractivity contribution in [3.8, 4) is 0 Å². The monoisotopic (exact) mass is 363 g/mol. The number of nitrogens with one attached hydrogen (secondary N) is 1. The Labute approximate surface area is 150 Å². The third-order valence-corrected chi connectivity index (χ3v) is 5.14. The molecule has 0 aromatic heterocycles. The number of halogens is 1. The summed E-state index contributed by atoms with van der Waals surface area (Å²) >= 11 is 7.53. The van der Waals surface area contributed by atoms with Crippen molar-refractivity contribution in [2.24, 2.45) is 0 Å². The number of carbonyl (C=O) groups is 2. The van der Waals surface area contributed by atoms with Gasteiger partial charge in [-0.05, 0) is 43.7 Å². The van der Waals surface area contributed by atoms with Crippen molar-refractivity contribution >= 4 is 40.9 Å². The number of aromatic carboxylic acids is 1. The van der Waals surface area contributed by atoms with Crippen molar-refractivity contribution < 1.29 is 14.7 Å². The largest absolute Gasteiger partial charge is 0.478 e. The van der Waals surface area contributed by atoms with Crippen LogP contribution in [0.15, 0.2) is 47.4 Å². The van der Waals surface area contributed by atoms with Crippen LogP contribution in [0.25, 0.3) is 0 Å². The molecule has 4 nitrogen and oxygen atoms in total. The molecule has 6 heteroatoms. The maximum absolute atomic E-state index is 12.5. The summed E-state index contributed by atoms with van der Waals surface area (Å²) in [5, 5.41) is 11.8. The number of aryl methyl sites for hydroxylation is 1. The first-order valence-electron chi connectivity index (χ1n) is 7.47. The van der Waals surface area contributed by atoms with Gasteiger partial charge in [0.1, 0.15) is 0 Å². The van der Waals surface area contributed by atoms with E-state index in [2.05, 4.69) is 5.32 Å². The van der Waals surface area contributed by atoms with Crippen molar-refractivity contribution in [1.82, 2.24) is 0 Å². The van der Waals surface area contributed by atoms with Crippen molar-refractivity contribution in [2.75, 3.05) is 5.32 Å². The number of benzene rings is 2. The zero-order valence-corrected chi connectivity index (χ0v) is 14.9. The van der Waals surface area contributed by atoms with Crippen molar-refractivity contribution in [2.45, 2.75) is 30.4 Å². The molecule has 0 fully saturated rings. The number of amides is 1. The Morgan fingerprint density at radius 1 is 1.21 bits per heavy atom. The Hall–Kier alpha value is -1.98. The van der Waals surface area contributed by atoms with Crippen molar-refractivity contribution in [3.63, 3.8) is 0 Å². The average Bonchev–Trinajstić information content (AvgIpc) is 2.56. The standard InChI is InChI=1S/C18H18ClNO3S/c1-3-16(24-13-7-4-11(2)5-8-13)17(21)20-15-10-12(18(22)23)6-9-14(15)19/h4-10,16H,3H2,1-2H3,(H,20,21)(H,22,23). The van der Waals surface area contributed by atoms with E-state index >= 15 is 0 Å². The van der Waals surface area contributed by atoms with Crippen LogP contribution < -0.4 is 5.32 Å². The zero-order valence-electron chi connectivity index (χ0n) is 13.4. The van der Waals surface area contributed by atoms with Gasteiger partial charge in [0.15, 0.2) is 0 Å². The summed E-state index contributed by atoms with van der Waals surface area (Å²) in [6.45, 7) is 3.94. The molecular weight excluding hydrogens is 346 g/mol. The van der Waals surface area contributed by atoms with Gasteiger partial charge in [0.2, 0.25) is 5.91 Å². The third kappa shape index (κ3) is 4.76. The molecule has 2 aromatic carbocycles. The van der Waals surface area contributed by atoms with Gasteiger partial charge in [0.25, 0.3) is 0 Å². The van der Waals surface area contributed by atoms with Gasteiger partial charge >= 0.3 is 5.97 Å². The Morgan fingerprint density at radius 2 is 1.88 bits per heavy atom. The van der Waals surface area contributed by atoms with Crippen LogP contribution in [0.2, 0.25) is 5.02 Å². The van der Waals surface area contributed by atoms with E-state index < -0.39 is 5.97 Å². The summed E-state index contributed by atoms with van der Waals surface area (Å²) in [5.41, 5.74) is 1.55. The second-order valence-electron chi connectivity index (χ2n) is 5.32. The number of anilines is 1. The SMILES string of the molecule is CCC(Sc1ccc(C)cc1)C(=O)Nc1cc(C(=O)O)ccc1Cl. The summed E-state index contributed by atoms with van der Waals surface area (Å²) in [6.07, 6.45) is 0.640. The average molecular weight is 364 g/mol. The topological polar surface area (TPSA) is 66.4 Å². The first-order valence-corrected chi connectivity index (χ1v) is 8.73. The number of thioether (sulfide) groups is 1. The molecule has 0 saturated carbocycles. The second-order valence-corrected chi connectivity index (χ2v) is 7.00. The van der Waals surface area contributed by atoms with Gasteiger partial charge < -0.3 is 10.4 Å². The van der Waals surface area contributed by atoms with E-state index in [0.717, 1.165) is 10.5 Å². The smallest absolute Gasteiger partial charge is 0.335 e. The van der Waals surface area contributed by atoms with Crippen LogP contribution in [-0.4, -0.2) is 22.2 Å². The molecule has 0 spiro atoms. The van der Waals surface area contributed by atoms with Gasteiger partial charge in [-0.15, -0.1) is 11.8 Å². The molecule has 126 valence electrons. The number of hydrogen-bond donors (Lipinski definition) is 2. The molecule has 2 N–H and O–H groups in total. The Morgan fingerprint density at radius 3 is 2.46 bits per heavy atom. The number of carbonyl (C=O) groups excluding carboxylic acids is 1. The summed E-state index contributed by atoms with van der Waals surface area (Å²) in [5.74, 6) is -1.27. The van der Waals surface area contributed by atoms with Gasteiger partial charge in [0, 0.05) is 4.90 Å². The number of hydrogen-bond acceptors (Lipinski definition) is 3. The van der Waals surface area contributed by atoms with Crippen LogP contribution in [0.4, 0.5) is 5.69 Å². The summed E-state index contributed by atoms with van der Waals surface area (Å²) in [6, 6.07) is 12.2. The third-order valence-electron chi connectivity index (χ3n) is 3.43. The predicted octanol–water partition coefficient (Wildman–Crippen LogP) is 4.86. The summed E-state index contributed by atoms with van der Waals surface area (Å²) in [7, 11) is 0. The highest BCUT2D eigenvalue weighted by Gasteiger charge is 2.19. The molecule has 0 radical (unpaired) electrons. The molecular formula is C18H18ClNO3S. The molecule has 0 aliphatic carbocycles. The molecule has 1 amide bonds. The summed E-state index contributed by atoms with van der Waals surface area (Å²) in [4.78, 5) is 24.6. The molecule has 0 aliphatic heterocycles. The lowest BCUT2D eigenvalue weighted by Gasteiger charge is -2.16. The van der Waals surface area contributed by atoms with Crippen molar-refractivity contribution in [1.29, 1.82) is 0 Å². The molecule has 2 aromatic rings. The van der Waals surface area contributed by atoms with Crippen LogP contribution in [-0.2, 0) is 4.79 Å². The fraction of sp³-hybridized carbons (Fsp3) is 0.222. The van der Waals surface area contributed by atoms with E-state index in [1.165, 1.54) is 30.0 Å². The van der Waals surface area contributed by atoms with Crippen LogP contribution in [0.1, 0.15) is 29.3 Å². The first kappa shape index (κ1) is 18.4. The minimum atomic E-state index is -1.07. The minimum Gasteiger partial charge on any atom is -0.478 e. The van der Waals surface area contributed by atoms with E-state index in [1.807, 2.05) is 38.1 Å². The Bertz CT molecular complexity index is 746. The molecule has 1 unspecified atom stereocenters. The number of carboxylic acid groups (broad SMARTS) is 1. The molecule has 0 bridgehead atoms. The lowest BCUT2D eigenvalue weighted by molar-refractivity contribution is -0.115. The van der Waals surface area contributed by atoms with E-state index in [4.69, 9.17) is 16.7 Å². The zero-order chi connectivity index (χ0) is 17.7. The molecule has 24 heavy (non-hydrogen) atoms. The maximum atomic E-state index is 12.5. The van der Waals surface area contributed by atoms with Crippen LogP contribution in [0.3, 0.4) is 0 Å². The fourth-order valence-electron chi connectivity index (χ4n) is 2.07. The molecule has 1 atom stereocenters. The number of carboxylic acids is 1. The lowest BCUT2D eigenvalue weighted by Crippen LogP contribution is -2.24. The highest BCUT2D eigenvalue weighted by Crippen LogP contribution is 2.28. The Balaban J connectivity index is 2.13. The number of rotatable bonds is 6. The highest BCUT2D eigenvalue weighted by atomic mass is 35.5. The van der Waals surface area contributed by atoms with Gasteiger partial charge in [-0.3, -0.25) is 4.79 Å². The second kappa shape index (κ2) is 8.22. The minimum absolute atomic E-state index is 0.0777. The first-order chi connectivity index (χ1) is 11.4. The fourth-order valence-corrected chi connectivity index (χ4v) is 3.19.